The van der Waals surface area contributed by atoms with Gasteiger partial charge in [-0.2, -0.15) is 0 Å². The minimum atomic E-state index is -0.00738. The Balaban J connectivity index is 1.45. The summed E-state index contributed by atoms with van der Waals surface area (Å²) in [5, 5.41) is 2.99. The summed E-state index contributed by atoms with van der Waals surface area (Å²) >= 11 is 0. The number of anilines is 2. The maximum absolute atomic E-state index is 12.4. The number of urea groups is 1. The molecular weight excluding hydrogens is 278 g/mol. The number of benzene rings is 1. The van der Waals surface area contributed by atoms with Crippen LogP contribution in [0, 0.1) is 11.8 Å². The summed E-state index contributed by atoms with van der Waals surface area (Å²) in [5.41, 5.74) is 2.71. The van der Waals surface area contributed by atoms with Gasteiger partial charge in [-0.1, -0.05) is 6.42 Å². The number of nitrogens with zero attached hydrogens (tertiary/aromatic N) is 2. The lowest BCUT2D eigenvalue weighted by atomic mass is 10.0. The van der Waals surface area contributed by atoms with E-state index in [1.165, 1.54) is 19.3 Å². The van der Waals surface area contributed by atoms with E-state index in [4.69, 9.17) is 0 Å². The first-order valence-electron chi connectivity index (χ1n) is 8.07. The Hall–Kier alpha value is -2.04. The Kier molecular flexibility index (Phi) is 3.10. The van der Waals surface area contributed by atoms with Gasteiger partial charge in [-0.05, 0) is 48.4 Å². The SMILES string of the molecule is CN1C(=O)Cc2cc(NC(=O)N3C[C@@H]4CCC[C@H]4C3)ccc21. The zero-order chi connectivity index (χ0) is 15.3. The quantitative estimate of drug-likeness (QED) is 0.866. The molecule has 5 nitrogen and oxygen atoms in total. The highest BCUT2D eigenvalue weighted by molar-refractivity contribution is 6.01. The Morgan fingerprint density at radius 2 is 1.95 bits per heavy atom. The molecule has 0 spiro atoms. The van der Waals surface area contributed by atoms with E-state index in [-0.39, 0.29) is 11.9 Å². The first kappa shape index (κ1) is 13.6. The molecule has 0 radical (unpaired) electrons. The number of rotatable bonds is 1. The van der Waals surface area contributed by atoms with Gasteiger partial charge in [0, 0.05) is 31.5 Å². The average Bonchev–Trinajstić information content (AvgIpc) is 3.13. The third-order valence-corrected chi connectivity index (χ3v) is 5.42. The lowest BCUT2D eigenvalue weighted by Crippen LogP contribution is -2.33. The average molecular weight is 299 g/mol. The molecule has 3 aliphatic rings. The predicted molar refractivity (Wildman–Crippen MR) is 85.0 cm³/mol. The Morgan fingerprint density at radius 1 is 1.23 bits per heavy atom. The largest absolute Gasteiger partial charge is 0.324 e. The zero-order valence-corrected chi connectivity index (χ0v) is 12.8. The zero-order valence-electron chi connectivity index (χ0n) is 12.8. The molecule has 0 bridgehead atoms. The Morgan fingerprint density at radius 3 is 2.68 bits per heavy atom. The second kappa shape index (κ2) is 5.00. The Labute approximate surface area is 130 Å². The maximum atomic E-state index is 12.4. The van der Waals surface area contributed by atoms with Crippen LogP contribution in [-0.2, 0) is 11.2 Å². The van der Waals surface area contributed by atoms with Crippen LogP contribution in [0.3, 0.4) is 0 Å². The molecule has 1 aromatic carbocycles. The molecule has 1 aromatic rings. The smallest absolute Gasteiger partial charge is 0.321 e. The molecule has 2 heterocycles. The summed E-state index contributed by atoms with van der Waals surface area (Å²) in [6.45, 7) is 1.78. The molecule has 5 heteroatoms. The molecule has 1 saturated heterocycles. The summed E-state index contributed by atoms with van der Waals surface area (Å²) in [5.74, 6) is 1.51. The lowest BCUT2D eigenvalue weighted by Gasteiger charge is -2.18. The third kappa shape index (κ3) is 2.16. The van der Waals surface area contributed by atoms with Gasteiger partial charge in [-0.3, -0.25) is 4.79 Å². The van der Waals surface area contributed by atoms with Gasteiger partial charge in [-0.15, -0.1) is 0 Å². The molecule has 22 heavy (non-hydrogen) atoms. The van der Waals surface area contributed by atoms with Gasteiger partial charge in [-0.25, -0.2) is 4.79 Å². The molecule has 0 aromatic heterocycles. The van der Waals surface area contributed by atoms with Crippen LogP contribution in [-0.4, -0.2) is 37.0 Å². The van der Waals surface area contributed by atoms with E-state index < -0.39 is 0 Å². The molecule has 2 aliphatic heterocycles. The number of hydrogen-bond donors (Lipinski definition) is 1. The fourth-order valence-corrected chi connectivity index (χ4v) is 4.15. The van der Waals surface area contributed by atoms with Gasteiger partial charge in [0.05, 0.1) is 6.42 Å². The van der Waals surface area contributed by atoms with Crippen LogP contribution in [0.25, 0.3) is 0 Å². The Bertz CT molecular complexity index is 631. The van der Waals surface area contributed by atoms with Crippen molar-refractivity contribution in [2.45, 2.75) is 25.7 Å². The van der Waals surface area contributed by atoms with Gasteiger partial charge < -0.3 is 15.1 Å². The van der Waals surface area contributed by atoms with E-state index in [1.807, 2.05) is 23.1 Å². The highest BCUT2D eigenvalue weighted by Crippen LogP contribution is 2.38. The molecule has 4 rings (SSSR count). The first-order chi connectivity index (χ1) is 10.6. The molecular formula is C17H21N3O2. The van der Waals surface area contributed by atoms with Crippen LogP contribution in [0.15, 0.2) is 18.2 Å². The van der Waals surface area contributed by atoms with Gasteiger partial charge >= 0.3 is 6.03 Å². The molecule has 1 N–H and O–H groups in total. The standard InChI is InChI=1S/C17H21N3O2/c1-19-15-6-5-14(7-13(15)8-16(19)21)18-17(22)20-9-11-3-2-4-12(11)10-20/h5-7,11-12H,2-4,8-10H2,1H3,(H,18,22)/t11-,12-/m0/s1. The van der Waals surface area contributed by atoms with E-state index >= 15 is 0 Å². The summed E-state index contributed by atoms with van der Waals surface area (Å²) in [6, 6.07) is 5.70. The second-order valence-corrected chi connectivity index (χ2v) is 6.76. The minimum absolute atomic E-state index is 0.00738. The van der Waals surface area contributed by atoms with Crippen LogP contribution in [0.4, 0.5) is 16.2 Å². The first-order valence-corrected chi connectivity index (χ1v) is 8.07. The van der Waals surface area contributed by atoms with E-state index in [0.29, 0.717) is 18.3 Å². The number of carbonyl (C=O) groups is 2. The highest BCUT2D eigenvalue weighted by Gasteiger charge is 2.38. The van der Waals surface area contributed by atoms with Crippen LogP contribution >= 0.6 is 0 Å². The fraction of sp³-hybridized carbons (Fsp3) is 0.529. The number of carbonyl (C=O) groups excluding carboxylic acids is 2. The number of nitrogens with one attached hydrogen (secondary N) is 1. The van der Waals surface area contributed by atoms with E-state index in [2.05, 4.69) is 5.32 Å². The third-order valence-electron chi connectivity index (χ3n) is 5.42. The van der Waals surface area contributed by atoms with Crippen molar-refractivity contribution >= 4 is 23.3 Å². The topological polar surface area (TPSA) is 52.7 Å². The van der Waals surface area contributed by atoms with Crippen LogP contribution in [0.2, 0.25) is 0 Å². The van der Waals surface area contributed by atoms with Crippen molar-refractivity contribution in [2.75, 3.05) is 30.4 Å². The molecule has 2 fully saturated rings. The molecule has 2 atom stereocenters. The predicted octanol–water partition coefficient (Wildman–Crippen LogP) is 2.47. The van der Waals surface area contributed by atoms with Gasteiger partial charge in [0.15, 0.2) is 0 Å². The number of likely N-dealkylation sites (tertiary alicyclic amines) is 1. The monoisotopic (exact) mass is 299 g/mol. The summed E-state index contributed by atoms with van der Waals surface area (Å²) in [6.07, 6.45) is 4.27. The van der Waals surface area contributed by atoms with Crippen molar-refractivity contribution in [2.24, 2.45) is 11.8 Å². The van der Waals surface area contributed by atoms with Crippen LogP contribution in [0.5, 0.6) is 0 Å². The van der Waals surface area contributed by atoms with Crippen molar-refractivity contribution in [3.05, 3.63) is 23.8 Å². The van der Waals surface area contributed by atoms with E-state index in [9.17, 15) is 9.59 Å². The van der Waals surface area contributed by atoms with Crippen molar-refractivity contribution in [3.8, 4) is 0 Å². The number of hydrogen-bond acceptors (Lipinski definition) is 2. The van der Waals surface area contributed by atoms with Gasteiger partial charge in [0.2, 0.25) is 5.91 Å². The molecule has 3 amide bonds. The van der Waals surface area contributed by atoms with Crippen molar-refractivity contribution in [1.82, 2.24) is 4.90 Å². The maximum Gasteiger partial charge on any atom is 0.321 e. The highest BCUT2D eigenvalue weighted by atomic mass is 16.2. The minimum Gasteiger partial charge on any atom is -0.324 e. The van der Waals surface area contributed by atoms with Crippen LogP contribution < -0.4 is 10.2 Å². The number of likely N-dealkylation sites (N-methyl/N-ethyl adjacent to an activating group) is 1. The molecule has 116 valence electrons. The van der Waals surface area contributed by atoms with Crippen LogP contribution in [0.1, 0.15) is 24.8 Å². The van der Waals surface area contributed by atoms with Crippen molar-refractivity contribution in [3.63, 3.8) is 0 Å². The fourth-order valence-electron chi connectivity index (χ4n) is 4.15. The summed E-state index contributed by atoms with van der Waals surface area (Å²) < 4.78 is 0. The number of fused-ring (bicyclic) bond motifs is 2. The number of amides is 3. The lowest BCUT2D eigenvalue weighted by molar-refractivity contribution is -0.117. The molecule has 1 aliphatic carbocycles. The molecule has 0 unspecified atom stereocenters. The van der Waals surface area contributed by atoms with Gasteiger partial charge in [0.25, 0.3) is 0 Å². The van der Waals surface area contributed by atoms with E-state index in [1.54, 1.807) is 11.9 Å². The van der Waals surface area contributed by atoms with Crippen molar-refractivity contribution < 1.29 is 9.59 Å². The normalized spacial score (nSPS) is 26.3. The summed E-state index contributed by atoms with van der Waals surface area (Å²) in [4.78, 5) is 27.7. The van der Waals surface area contributed by atoms with Crippen molar-refractivity contribution in [1.29, 1.82) is 0 Å². The van der Waals surface area contributed by atoms with Gasteiger partial charge in [0.1, 0.15) is 0 Å². The summed E-state index contributed by atoms with van der Waals surface area (Å²) in [7, 11) is 1.79. The molecule has 1 saturated carbocycles. The van der Waals surface area contributed by atoms with E-state index in [0.717, 1.165) is 30.0 Å². The second-order valence-electron chi connectivity index (χ2n) is 6.76.